The topological polar surface area (TPSA) is 181 Å². The molecule has 0 saturated heterocycles. The number of furan rings is 2. The lowest BCUT2D eigenvalue weighted by Gasteiger charge is -2.15. The van der Waals surface area contributed by atoms with Crippen LogP contribution in [-0.2, 0) is 43.3 Å². The van der Waals surface area contributed by atoms with Crippen LogP contribution in [0.2, 0.25) is 0 Å². The summed E-state index contributed by atoms with van der Waals surface area (Å²) in [6, 6.07) is 12.4. The van der Waals surface area contributed by atoms with E-state index in [2.05, 4.69) is 261 Å². The van der Waals surface area contributed by atoms with Gasteiger partial charge in [0.1, 0.15) is 36.9 Å². The van der Waals surface area contributed by atoms with Gasteiger partial charge in [-0.05, 0) is 73.8 Å². The lowest BCUT2D eigenvalue weighted by Crippen LogP contribution is -2.15. The van der Waals surface area contributed by atoms with E-state index in [-0.39, 0.29) is 32.5 Å². The maximum absolute atomic E-state index is 5.20. The molecule has 0 N–H and O–H groups in total. The molecule has 14 nitrogen and oxygen atoms in total. The van der Waals surface area contributed by atoms with Crippen LogP contribution in [0.3, 0.4) is 0 Å². The van der Waals surface area contributed by atoms with Gasteiger partial charge in [0.15, 0.2) is 5.82 Å². The number of hydrogen-bond acceptors (Lipinski definition) is 16. The molecule has 0 bridgehead atoms. The zero-order chi connectivity index (χ0) is 74.1. The Morgan fingerprint density at radius 3 is 1.08 bits per heavy atom. The van der Waals surface area contributed by atoms with E-state index in [9.17, 15) is 0 Å². The molecule has 8 rings (SSSR count). The van der Waals surface area contributed by atoms with Crippen molar-refractivity contribution in [2.24, 2.45) is 0 Å². The van der Waals surface area contributed by atoms with Gasteiger partial charge in [-0.2, -0.15) is 26.6 Å². The SMILES string of the molecule is CC.CC.CC.CC.CC.CC.CC.CC.CC(C)(C)c1ccco1.CC(C)(C)c1cccs1.CC(C)(C)c1ccoc1.CC(C)(C)c1ccsc1.CC(C)(C)c1cncnn1.CC(C)(C)c1cnncn1.CC(C)(C)c1nccnn1.CC(C)(C)c1ncncn1. The Morgan fingerprint density at radius 1 is 0.348 bits per heavy atom. The average Bonchev–Trinajstić information content (AvgIpc) is 3.16. The molecule has 0 unspecified atom stereocenters. The minimum absolute atomic E-state index is 0.00819. The summed E-state index contributed by atoms with van der Waals surface area (Å²) in [5, 5.41) is 29.1. The van der Waals surface area contributed by atoms with Crippen molar-refractivity contribution in [3.8, 4) is 0 Å². The Kier molecular flexibility index (Phi) is 64.0. The summed E-state index contributed by atoms with van der Waals surface area (Å²) in [6.45, 7) is 83.2. The first-order chi connectivity index (χ1) is 42.8. The number of nitrogens with zero attached hydrogens (tertiary/aromatic N) is 12. The Balaban J connectivity index is -0.000000141. The van der Waals surface area contributed by atoms with E-state index < -0.39 is 0 Å². The van der Waals surface area contributed by atoms with E-state index in [4.69, 9.17) is 8.83 Å². The van der Waals surface area contributed by atoms with Gasteiger partial charge in [0, 0.05) is 38.1 Å². The van der Waals surface area contributed by atoms with Crippen LogP contribution in [0.15, 0.2) is 130 Å². The van der Waals surface area contributed by atoms with E-state index in [1.54, 1.807) is 54.9 Å². The van der Waals surface area contributed by atoms with Crippen LogP contribution < -0.4 is 0 Å². The monoisotopic (exact) mass is 1320 g/mol. The Bertz CT molecular complexity index is 2240. The smallest absolute Gasteiger partial charge is 0.156 e. The third kappa shape index (κ3) is 55.6. The van der Waals surface area contributed by atoms with Crippen molar-refractivity contribution < 1.29 is 8.83 Å². The highest BCUT2D eigenvalue weighted by molar-refractivity contribution is 7.10. The number of hydrogen-bond donors (Lipinski definition) is 0. The molecule has 0 atom stereocenters. The van der Waals surface area contributed by atoms with Crippen molar-refractivity contribution in [1.29, 1.82) is 0 Å². The molecule has 0 amide bonds. The molecule has 8 aromatic heterocycles. The maximum Gasteiger partial charge on any atom is 0.156 e. The molecule has 0 aliphatic heterocycles. The molecule has 0 radical (unpaired) electrons. The van der Waals surface area contributed by atoms with Gasteiger partial charge in [0.05, 0.1) is 48.8 Å². The van der Waals surface area contributed by atoms with Crippen molar-refractivity contribution in [2.45, 2.75) is 320 Å². The fourth-order valence-corrected chi connectivity index (χ4v) is 6.93. The van der Waals surface area contributed by atoms with Crippen LogP contribution in [-0.4, -0.2) is 60.5 Å². The zero-order valence-electron chi connectivity index (χ0n) is 66.5. The largest absolute Gasteiger partial charge is 0.472 e. The second-order valence-electron chi connectivity index (χ2n) is 25.9. The summed E-state index contributed by atoms with van der Waals surface area (Å²) < 4.78 is 10.1. The van der Waals surface area contributed by atoms with Gasteiger partial charge in [-0.25, -0.2) is 29.9 Å². The highest BCUT2D eigenvalue weighted by Crippen LogP contribution is 2.27. The predicted molar refractivity (Wildman–Crippen MR) is 406 cm³/mol. The third-order valence-corrected chi connectivity index (χ3v) is 12.1. The van der Waals surface area contributed by atoms with Crippen LogP contribution >= 0.6 is 22.7 Å². The first kappa shape index (κ1) is 102. The van der Waals surface area contributed by atoms with Crippen LogP contribution in [0.4, 0.5) is 0 Å². The summed E-state index contributed by atoms with van der Waals surface area (Å²) >= 11 is 3.60. The molecule has 0 saturated carbocycles. The van der Waals surface area contributed by atoms with E-state index >= 15 is 0 Å². The molecule has 8 heterocycles. The minimum atomic E-state index is 0.00819. The number of aromatic nitrogens is 12. The minimum Gasteiger partial charge on any atom is -0.472 e. The summed E-state index contributed by atoms with van der Waals surface area (Å²) in [5.74, 6) is 2.67. The van der Waals surface area contributed by atoms with Gasteiger partial charge in [0.2, 0.25) is 0 Å². The summed E-state index contributed by atoms with van der Waals surface area (Å²) in [7, 11) is 0. The Labute approximate surface area is 575 Å². The average molecular weight is 1320 g/mol. The fraction of sp³-hybridized carbons (Fsp3) is 0.632. The molecular formula is C76H140N12O2S2. The van der Waals surface area contributed by atoms with Gasteiger partial charge in [-0.3, -0.25) is 0 Å². The first-order valence-corrected chi connectivity index (χ1v) is 35.3. The standard InChI is InChI=1S/2C8H12O.2C8H12S.4C7H11N3.8C2H6/c1-8(2,3)7-4-5-9-6-7;1-8(2,3)7-5-4-6-9-7;1-8(2,3)7-4-5-9-6-7;1-8(2,3)7-5-4-6-9-7;1-7(2,3)6-9-4-8-5-10-6;1-7(2,3)6-4-9-10-5-8-6;1-7(2,3)6-4-8-5-9-10-6;1-7(2,3)6-8-4-5-9-10-6;8*1-2/h4*4-6H,1-3H3;4*4-5H,1-3H3;8*1-2H3. The van der Waals surface area contributed by atoms with E-state index in [1.165, 1.54) is 41.3 Å². The van der Waals surface area contributed by atoms with Gasteiger partial charge >= 0.3 is 0 Å². The molecule has 92 heavy (non-hydrogen) atoms. The molecular weight excluding hydrogens is 1180 g/mol. The molecule has 0 fully saturated rings. The lowest BCUT2D eigenvalue weighted by atomic mass is 9.89. The van der Waals surface area contributed by atoms with Crippen molar-refractivity contribution in [3.63, 3.8) is 0 Å². The predicted octanol–water partition coefficient (Wildman–Crippen LogP) is 24.1. The van der Waals surface area contributed by atoms with Crippen molar-refractivity contribution in [1.82, 2.24) is 60.5 Å². The highest BCUT2D eigenvalue weighted by atomic mass is 32.1. The zero-order valence-corrected chi connectivity index (χ0v) is 68.2. The van der Waals surface area contributed by atoms with E-state index in [1.807, 2.05) is 140 Å². The number of thiophene rings is 2. The second kappa shape index (κ2) is 57.6. The van der Waals surface area contributed by atoms with E-state index in [0.717, 1.165) is 28.8 Å². The molecule has 8 aromatic rings. The first-order valence-electron chi connectivity index (χ1n) is 33.5. The molecule has 0 spiro atoms. The van der Waals surface area contributed by atoms with Crippen molar-refractivity contribution >= 4 is 22.7 Å². The summed E-state index contributed by atoms with van der Waals surface area (Å²) in [6.07, 6.45) is 17.8. The number of rotatable bonds is 0. The quantitative estimate of drug-likeness (QED) is 0.140. The molecule has 528 valence electrons. The third-order valence-electron chi connectivity index (χ3n) is 10.1. The van der Waals surface area contributed by atoms with Gasteiger partial charge < -0.3 is 8.83 Å². The van der Waals surface area contributed by atoms with Crippen LogP contribution in [0, 0.1) is 0 Å². The summed E-state index contributed by atoms with van der Waals surface area (Å²) in [4.78, 5) is 25.3. The Hall–Kier alpha value is -6.00. The van der Waals surface area contributed by atoms with Crippen LogP contribution in [0.5, 0.6) is 0 Å². The van der Waals surface area contributed by atoms with Gasteiger partial charge in [-0.1, -0.05) is 283 Å². The molecule has 0 aromatic carbocycles. The fourth-order valence-electron chi connectivity index (χ4n) is 5.23. The Morgan fingerprint density at radius 2 is 0.859 bits per heavy atom. The highest BCUT2D eigenvalue weighted by Gasteiger charge is 2.19. The van der Waals surface area contributed by atoms with Gasteiger partial charge in [-0.15, -0.1) is 26.6 Å². The van der Waals surface area contributed by atoms with Crippen LogP contribution in [0.25, 0.3) is 0 Å². The summed E-state index contributed by atoms with van der Waals surface area (Å²) in [5.41, 5.74) is 5.83. The molecule has 16 heteroatoms. The van der Waals surface area contributed by atoms with Gasteiger partial charge in [0.25, 0.3) is 0 Å². The maximum atomic E-state index is 5.20. The van der Waals surface area contributed by atoms with E-state index in [0.29, 0.717) is 10.8 Å². The van der Waals surface area contributed by atoms with Crippen molar-refractivity contribution in [3.05, 3.63) is 166 Å². The molecule has 0 aliphatic rings. The van der Waals surface area contributed by atoms with Crippen molar-refractivity contribution in [2.75, 3.05) is 0 Å². The second-order valence-corrected chi connectivity index (χ2v) is 27.6. The lowest BCUT2D eigenvalue weighted by molar-refractivity contribution is 0.409. The normalized spacial score (nSPS) is 10.2. The molecule has 0 aliphatic carbocycles. The van der Waals surface area contributed by atoms with Crippen LogP contribution in [0.1, 0.15) is 322 Å².